The van der Waals surface area contributed by atoms with Gasteiger partial charge in [0.2, 0.25) is 0 Å². The molecule has 0 saturated heterocycles. The quantitative estimate of drug-likeness (QED) is 0.0491. The normalized spacial score (nSPS) is 20.7. The van der Waals surface area contributed by atoms with E-state index in [2.05, 4.69) is 24.3 Å². The van der Waals surface area contributed by atoms with Gasteiger partial charge in [0, 0.05) is 86.9 Å². The van der Waals surface area contributed by atoms with Crippen LogP contribution >= 0.6 is 15.6 Å². The molecule has 27 rings (SSSR count). The zero-order valence-electron chi connectivity index (χ0n) is 70.2. The number of imide groups is 4. The lowest BCUT2D eigenvalue weighted by molar-refractivity contribution is -0.00252. The third-order valence-corrected chi connectivity index (χ3v) is 25.1. The minimum Gasteiger partial charge on any atom is -0.377 e. The average Bonchev–Trinajstić information content (AvgIpc) is 0.685. The Kier molecular flexibility index (Phi) is 30.5. The molecule has 130 heavy (non-hydrogen) atoms. The van der Waals surface area contributed by atoms with E-state index in [0.29, 0.717) is 64.6 Å². The molecule has 0 radical (unpaired) electrons. The van der Waals surface area contributed by atoms with E-state index in [1.165, 1.54) is 24.3 Å². The van der Waals surface area contributed by atoms with Crippen LogP contribution in [0.15, 0.2) is 72.8 Å². The lowest BCUT2D eigenvalue weighted by Gasteiger charge is -2.30. The van der Waals surface area contributed by atoms with Gasteiger partial charge in [0.05, 0.1) is 318 Å². The highest BCUT2D eigenvalue weighted by Crippen LogP contribution is 2.53. The summed E-state index contributed by atoms with van der Waals surface area (Å²) in [5.41, 5.74) is 1.25. The summed E-state index contributed by atoms with van der Waals surface area (Å²) in [7, 11) is -8.36. The van der Waals surface area contributed by atoms with E-state index in [1.807, 2.05) is 12.1 Å². The van der Waals surface area contributed by atoms with E-state index < -0.39 is 62.9 Å². The molecule has 10 aromatic rings. The van der Waals surface area contributed by atoms with Crippen molar-refractivity contribution in [3.63, 3.8) is 0 Å². The highest BCUT2D eigenvalue weighted by molar-refractivity contribution is 7.48. The summed E-state index contributed by atoms with van der Waals surface area (Å²) >= 11 is 0. The Balaban J connectivity index is 0.557. The van der Waals surface area contributed by atoms with Crippen molar-refractivity contribution in [1.82, 2.24) is 19.6 Å². The van der Waals surface area contributed by atoms with Gasteiger partial charge >= 0.3 is 15.6 Å². The van der Waals surface area contributed by atoms with Gasteiger partial charge in [-0.05, 0) is 70.1 Å². The van der Waals surface area contributed by atoms with E-state index in [9.17, 15) is 68.5 Å². The molecule has 0 spiro atoms. The Morgan fingerprint density at radius 1 is 0.246 bits per heavy atom. The van der Waals surface area contributed by atoms with Gasteiger partial charge in [-0.1, -0.05) is 24.3 Å². The second-order valence-electron chi connectivity index (χ2n) is 29.6. The van der Waals surface area contributed by atoms with Crippen molar-refractivity contribution in [2.45, 2.75) is 12.8 Å². The zero-order valence-corrected chi connectivity index (χ0v) is 72.0. The van der Waals surface area contributed by atoms with Crippen molar-refractivity contribution in [2.24, 2.45) is 0 Å². The van der Waals surface area contributed by atoms with Crippen molar-refractivity contribution in [1.29, 1.82) is 31.6 Å². The molecule has 17 aliphatic heterocycles. The second kappa shape index (κ2) is 42.7. The number of nitrogens with zero attached hydrogens (tertiary/aromatic N) is 10. The van der Waals surface area contributed by atoms with Crippen molar-refractivity contribution >= 4 is 149 Å². The fourth-order valence-corrected chi connectivity index (χ4v) is 18.8. The fourth-order valence-electron chi connectivity index (χ4n) is 16.6. The molecule has 38 nitrogen and oxygen atoms in total. The maximum atomic E-state index is 14.5. The first-order valence-corrected chi connectivity index (χ1v) is 44.7. The minimum absolute atomic E-state index is 0.0526. The van der Waals surface area contributed by atoms with Crippen LogP contribution in [0.4, 0.5) is 0 Å². The summed E-state index contributed by atoms with van der Waals surface area (Å²) in [5.74, 6) is -5.20. The number of benzene rings is 10. The number of hydrogen-bond acceptors (Lipinski definition) is 34. The third-order valence-electron chi connectivity index (χ3n) is 22.1. The number of phosphoric ester groups is 2. The average molecular weight is 1820 g/mol. The number of phosphoric acid groups is 2. The van der Waals surface area contributed by atoms with Gasteiger partial charge in [-0.25, -0.2) is 9.13 Å². The van der Waals surface area contributed by atoms with Crippen molar-refractivity contribution < 1.29 is 131 Å². The molecular weight excluding hydrogens is 1730 g/mol. The van der Waals surface area contributed by atoms with E-state index >= 15 is 0 Å². The first-order chi connectivity index (χ1) is 63.4. The number of hydrogen-bond donors (Lipinski definition) is 0. The zero-order chi connectivity index (χ0) is 91.0. The maximum Gasteiger partial charge on any atom is 0.474 e. The number of nitriles is 6. The molecule has 0 fully saturated rings. The number of rotatable bonds is 6. The fraction of sp³-hybridized carbons (Fsp3) is 0.400. The van der Waals surface area contributed by atoms with Crippen molar-refractivity contribution in [3.05, 3.63) is 140 Å². The largest absolute Gasteiger partial charge is 0.474 e. The van der Waals surface area contributed by atoms with Crippen LogP contribution in [0.2, 0.25) is 0 Å². The van der Waals surface area contributed by atoms with E-state index in [0.717, 1.165) is 19.6 Å². The van der Waals surface area contributed by atoms with Crippen LogP contribution in [0, 0.1) is 68.0 Å². The maximum absolute atomic E-state index is 14.5. The van der Waals surface area contributed by atoms with E-state index in [1.54, 1.807) is 48.5 Å². The van der Waals surface area contributed by atoms with Gasteiger partial charge in [0.1, 0.15) is 0 Å². The molecule has 672 valence electrons. The van der Waals surface area contributed by atoms with Gasteiger partial charge in [-0.2, -0.15) is 31.6 Å². The smallest absolute Gasteiger partial charge is 0.377 e. The van der Waals surface area contributed by atoms with Crippen LogP contribution in [0.25, 0.3) is 86.2 Å². The topological polar surface area (TPSA) is 493 Å². The molecule has 40 heteroatoms. The van der Waals surface area contributed by atoms with Gasteiger partial charge in [-0.15, -0.1) is 0 Å². The summed E-state index contributed by atoms with van der Waals surface area (Å²) in [6.45, 7) is -1.12. The molecule has 0 N–H and O–H groups in total. The van der Waals surface area contributed by atoms with Gasteiger partial charge in [-0.3, -0.25) is 85.1 Å². The standard InChI is InChI=1S/C90H84N10O28P2/c91-11-1-17-123-129(109)125-43-39-119-35-31-115-27-23-111-19-13-97-83(101)63-7-3-59-73-57(53-95)49-69-77-65(9-5-61(81(73)77)71-55(51-93)47-67(87(97)105)75(63)79(59)71)85(103)99(89(69)107)15-21-113-25-29-117-33-37-121-41-45-127-130(110,124-18-2-12-92)128-46-42-122-38-34-118-30-26-114-22-16-100-86(104)66-10-6-62-72-56(52-94)48-68-76-64(84(102)98(88(68)106)14-20-112-24-28-116-32-36-120-40-44-126-129)8-4-60(80(72)76)74-58(54-96)50-70(90(100)108)78(66)82(62)74/h3-10,47-50H,1-2,13-46H2. The Bertz CT molecular complexity index is 5760. The van der Waals surface area contributed by atoms with Gasteiger partial charge < -0.3 is 56.8 Å². The number of amides is 8. The molecular formula is C90H84N10O28P2. The van der Waals surface area contributed by atoms with E-state index in [4.69, 9.17) is 94.5 Å². The van der Waals surface area contributed by atoms with Crippen LogP contribution < -0.4 is 0 Å². The first kappa shape index (κ1) is 92.7. The highest BCUT2D eigenvalue weighted by atomic mass is 31.2. The number of carbonyl (C=O) groups is 8. The summed E-state index contributed by atoms with van der Waals surface area (Å²) in [6, 6.07) is 31.2. The Morgan fingerprint density at radius 3 is 0.623 bits per heavy atom. The lowest BCUT2D eigenvalue weighted by Crippen LogP contribution is -2.42. The van der Waals surface area contributed by atoms with Gasteiger partial charge in [0.25, 0.3) is 47.3 Å². The van der Waals surface area contributed by atoms with Crippen LogP contribution in [0.5, 0.6) is 0 Å². The third kappa shape index (κ3) is 19.0. The summed E-state index contributed by atoms with van der Waals surface area (Å²) in [4.78, 5) is 119. The predicted octanol–water partition coefficient (Wildman–Crippen LogP) is 9.71. The molecule has 10 aromatic carbocycles. The highest BCUT2D eigenvalue weighted by Gasteiger charge is 2.42. The molecule has 0 atom stereocenters. The molecule has 0 aromatic heterocycles. The molecule has 0 unspecified atom stereocenters. The summed E-state index contributed by atoms with van der Waals surface area (Å²) < 4.78 is 127. The van der Waals surface area contributed by atoms with E-state index in [-0.39, 0.29) is 326 Å². The molecule has 8 amide bonds. The second-order valence-corrected chi connectivity index (χ2v) is 32.9. The van der Waals surface area contributed by atoms with Crippen molar-refractivity contribution in [3.8, 4) is 36.4 Å². The van der Waals surface area contributed by atoms with Crippen LogP contribution in [0.1, 0.15) is 118 Å². The Labute approximate surface area is 741 Å². The molecule has 0 aliphatic carbocycles. The predicted molar refractivity (Wildman–Crippen MR) is 457 cm³/mol. The Morgan fingerprint density at radius 2 is 0.431 bits per heavy atom. The van der Waals surface area contributed by atoms with Crippen LogP contribution in [0.3, 0.4) is 0 Å². The Hall–Kier alpha value is -12.0. The van der Waals surface area contributed by atoms with Crippen LogP contribution in [-0.4, -0.2) is 291 Å². The lowest BCUT2D eigenvalue weighted by atomic mass is 9.79. The first-order valence-electron chi connectivity index (χ1n) is 41.8. The van der Waals surface area contributed by atoms with Crippen LogP contribution in [-0.2, 0) is 93.1 Å². The van der Waals surface area contributed by atoms with Gasteiger partial charge in [0.15, 0.2) is 0 Å². The molecule has 28 bridgehead atoms. The molecule has 17 aliphatic rings. The molecule has 17 heterocycles. The summed E-state index contributed by atoms with van der Waals surface area (Å²) in [6.07, 6.45) is -0.201. The monoisotopic (exact) mass is 1810 g/mol. The summed E-state index contributed by atoms with van der Waals surface area (Å²) in [5, 5.41) is 67.2. The SMILES string of the molecule is N#CCCOP1(=O)OCCOCCOCCOCCN2C(=O)c3ccc4c5c(C#N)cc6c7c(ccc(c8c(C#N)cc(c3c48)C2=O)c75)C(=O)N(CCOCCOCCOCCOP(=O)(OCCC#N)OCCOCCOCCOCCN2C(=O)c3ccc4c5c(C#N)cc7c8c(ccc(c9c(C#N)cc(c3c49)C2=O)c85)C(=O)N(CCOCCOCCOCCO1)C7=O)C6=O. The number of ether oxygens (including phenoxy) is 12. The number of carbonyl (C=O) groups excluding carboxylic acids is 8. The van der Waals surface area contributed by atoms with Crippen molar-refractivity contribution in [2.75, 3.05) is 224 Å². The molecule has 0 saturated carbocycles. The minimum atomic E-state index is -4.18.